The summed E-state index contributed by atoms with van der Waals surface area (Å²) in [5.74, 6) is -19.2. The van der Waals surface area contributed by atoms with Gasteiger partial charge in [-0.15, -0.1) is 0 Å². The molecule has 12 rings (SSSR count). The summed E-state index contributed by atoms with van der Waals surface area (Å²) >= 11 is 14.3. The third-order valence-electron chi connectivity index (χ3n) is 23.8. The Bertz CT molecular complexity index is 5380. The van der Waals surface area contributed by atoms with Crippen molar-refractivity contribution < 1.29 is 170 Å². The first kappa shape index (κ1) is 109. The molecule has 138 heavy (non-hydrogen) atoms. The van der Waals surface area contributed by atoms with Crippen LogP contribution in [0.3, 0.4) is 0 Å². The first-order valence-corrected chi connectivity index (χ1v) is 48.4. The average Bonchev–Trinajstić information content (AvgIpc) is 0.762. The number of aliphatic carboxylic acids is 1. The Morgan fingerprint density at radius 3 is 1.86 bits per heavy atom. The zero-order valence-electron chi connectivity index (χ0n) is 76.2. The van der Waals surface area contributed by atoms with Crippen molar-refractivity contribution >= 4 is 104 Å². The van der Waals surface area contributed by atoms with Crippen LogP contribution in [-0.4, -0.2) is 265 Å². The number of aromatic hydroxyl groups is 3. The quantitative estimate of drug-likeness (QED) is 0.0120. The Balaban J connectivity index is 1.07. The number of benzene rings is 5. The second-order valence-corrected chi connectivity index (χ2v) is 40.3. The number of phenols is 3. The molecule has 7 aliphatic heterocycles. The van der Waals surface area contributed by atoms with E-state index in [4.69, 9.17) is 66.8 Å². The Labute approximate surface area is 800 Å². The first-order chi connectivity index (χ1) is 64.8. The largest absolute Gasteiger partial charge is 0.508 e. The Hall–Kier alpha value is -10.7. The molecule has 0 spiro atoms. The maximum atomic E-state index is 16.3. The van der Waals surface area contributed by atoms with Crippen molar-refractivity contribution in [1.82, 2.24) is 52.8 Å². The van der Waals surface area contributed by atoms with E-state index in [0.717, 1.165) is 111 Å². The summed E-state index contributed by atoms with van der Waals surface area (Å²) in [4.78, 5) is 198. The van der Waals surface area contributed by atoms with Gasteiger partial charge in [0.05, 0.1) is 47.7 Å². The van der Waals surface area contributed by atoms with Crippen LogP contribution in [0, 0.1) is 11.3 Å². The van der Waals surface area contributed by atoms with E-state index in [2.05, 4.69) is 49.5 Å². The lowest BCUT2D eigenvalue weighted by molar-refractivity contribution is -0.334. The number of ether oxygens (including phenoxy) is 8. The number of esters is 1. The molecule has 0 saturated carbocycles. The van der Waals surface area contributed by atoms with Gasteiger partial charge in [-0.2, -0.15) is 0 Å². The first-order valence-electron chi connectivity index (χ1n) is 44.2. The van der Waals surface area contributed by atoms with Gasteiger partial charge in [0.25, 0.3) is 0 Å². The van der Waals surface area contributed by atoms with Gasteiger partial charge in [0.15, 0.2) is 29.9 Å². The fourth-order valence-electron chi connectivity index (χ4n) is 16.6. The molecule has 2 fully saturated rings. The number of primary amides is 1. The number of carbonyl (C=O) groups excluding carboxylic acids is 10. The number of aliphatic hydroxyl groups excluding tert-OH is 6. The number of nitrogens with two attached hydrogens (primary N) is 1. The monoisotopic (exact) mass is 2020 g/mol. The molecule has 25 N–H and O–H groups in total. The molecule has 11 bridgehead atoms. The van der Waals surface area contributed by atoms with Crippen molar-refractivity contribution in [2.24, 2.45) is 17.1 Å². The molecule has 50 heteroatoms. The van der Waals surface area contributed by atoms with E-state index in [1.807, 2.05) is 0 Å². The number of hydrogen-bond acceptors (Lipinski definition) is 32. The normalized spacial score (nSPS) is 25.0. The number of halogens is 2. The number of aliphatic hydroxyl groups is 6. The predicted molar refractivity (Wildman–Crippen MR) is 484 cm³/mol. The molecule has 46 nitrogen and oxygen atoms in total. The fourth-order valence-corrected chi connectivity index (χ4v) is 19.2. The molecular weight excluding hydrogens is 1900 g/mol. The van der Waals surface area contributed by atoms with Gasteiger partial charge in [0, 0.05) is 60.8 Å². The van der Waals surface area contributed by atoms with E-state index in [9.17, 15) is 109 Å². The van der Waals surface area contributed by atoms with E-state index >= 15 is 24.0 Å². The molecule has 758 valence electrons. The number of carboxylic acids is 1. The molecule has 9 amide bonds. The van der Waals surface area contributed by atoms with Crippen molar-refractivity contribution in [2.45, 2.75) is 247 Å². The van der Waals surface area contributed by atoms with Gasteiger partial charge < -0.3 is 167 Å². The van der Waals surface area contributed by atoms with Crippen LogP contribution in [0.15, 0.2) is 78.9 Å². The fraction of sp³-hybridized carbons (Fsp3) is 0.534. The van der Waals surface area contributed by atoms with Crippen molar-refractivity contribution in [3.8, 4) is 57.1 Å². The minimum absolute atomic E-state index is 0.0852. The van der Waals surface area contributed by atoms with Gasteiger partial charge in [-0.1, -0.05) is 121 Å². The number of unbranched alkanes of at least 4 members (excludes halogenated alkanes) is 7. The van der Waals surface area contributed by atoms with Crippen molar-refractivity contribution in [3.05, 3.63) is 117 Å². The van der Waals surface area contributed by atoms with Crippen LogP contribution in [0.5, 0.6) is 46.0 Å². The minimum atomic E-state index is -5.58. The summed E-state index contributed by atoms with van der Waals surface area (Å²) in [6.45, 7) is 9.19. The highest BCUT2D eigenvalue weighted by Crippen LogP contribution is 2.59. The minimum Gasteiger partial charge on any atom is -0.508 e. The third-order valence-corrected chi connectivity index (χ3v) is 27.7. The maximum absolute atomic E-state index is 16.3. The van der Waals surface area contributed by atoms with Crippen molar-refractivity contribution in [1.29, 1.82) is 0 Å². The number of carbonyl (C=O) groups is 11. The molecule has 0 unspecified atom stereocenters. The molecular formula is C88H117Cl2N11O35P2. The highest BCUT2D eigenvalue weighted by Gasteiger charge is 2.53. The molecule has 2 saturated heterocycles. The third kappa shape index (κ3) is 27.7. The molecule has 7 heterocycles. The molecule has 0 aromatic heterocycles. The summed E-state index contributed by atoms with van der Waals surface area (Å²) in [6, 6.07) is -1.59. The summed E-state index contributed by atoms with van der Waals surface area (Å²) in [5, 5.41) is 139. The van der Waals surface area contributed by atoms with Crippen LogP contribution in [0.4, 0.5) is 4.79 Å². The number of nitrogens with one attached hydrogen (secondary N) is 9. The molecule has 5 aromatic rings. The van der Waals surface area contributed by atoms with E-state index in [1.54, 1.807) is 26.1 Å². The summed E-state index contributed by atoms with van der Waals surface area (Å²) in [6.07, 6.45) is -15.6. The van der Waals surface area contributed by atoms with Crippen LogP contribution in [0.2, 0.25) is 10.0 Å². The Kier molecular flexibility index (Phi) is 37.3. The van der Waals surface area contributed by atoms with Crippen LogP contribution >= 0.6 is 38.4 Å². The SMILES string of the molecule is CCCCCCCCCCN(CCN[C@@]1(C)C[C@H](O[C@H]2[C@H](Oc3c4cc5cc3Oc3ccc(cc3Cl)[C@@H](O)[C@@H](NC(=O)[C@@H](CC(C)C)NC)C(=O)N[C@@H](CC(N)=O)C(=O)N[C@H]5C(=O)N[C@H]3C(=O)N[C@H](C(=O)N[C@H](C(=O)O)c5cc(O)cc(O)c5-c5cc3ccc5O)[C@H](O)c3ccc(c(Cl)c3)O4)O[C@H](CO)[C@@H](O)[C@@H]2O)O[C@@H](C)[C@H]1O)C(=O)OCOC(=O)CC(C)(C)CC(=O)NC(P(=O)(O)O)P(=O)(O)O. The molecule has 0 radical (unpaired) electrons. The lowest BCUT2D eigenvalue weighted by Gasteiger charge is -2.48. The number of carboxylic acid groups (broad SMARTS) is 1. The van der Waals surface area contributed by atoms with Crippen LogP contribution in [0.1, 0.15) is 190 Å². The van der Waals surface area contributed by atoms with Crippen molar-refractivity contribution in [2.75, 3.05) is 40.1 Å². The number of nitrogens with zero attached hydrogens (tertiary/aromatic N) is 1. The van der Waals surface area contributed by atoms with E-state index in [0.29, 0.717) is 12.8 Å². The van der Waals surface area contributed by atoms with Gasteiger partial charge >= 0.3 is 33.2 Å². The van der Waals surface area contributed by atoms with Crippen LogP contribution in [0.25, 0.3) is 11.1 Å². The lowest BCUT2D eigenvalue weighted by Crippen LogP contribution is -2.66. The van der Waals surface area contributed by atoms with Crippen LogP contribution < -0.4 is 67.8 Å². The number of amides is 9. The molecule has 7 aliphatic rings. The maximum Gasteiger partial charge on any atom is 0.412 e. The van der Waals surface area contributed by atoms with Gasteiger partial charge in [-0.25, -0.2) is 9.59 Å². The smallest absolute Gasteiger partial charge is 0.412 e. The number of fused-ring (bicyclic) bond motifs is 15. The number of hydrogen-bond donors (Lipinski definition) is 24. The predicted octanol–water partition coefficient (Wildman–Crippen LogP) is 3.38. The number of phenolic OH excluding ortho intramolecular Hbond substituents is 3. The van der Waals surface area contributed by atoms with Gasteiger partial charge in [0.1, 0.15) is 89.5 Å². The zero-order chi connectivity index (χ0) is 102. The molecule has 0 aliphatic carbocycles. The van der Waals surface area contributed by atoms with E-state index in [-0.39, 0.29) is 49.5 Å². The molecule has 5 aromatic carbocycles. The van der Waals surface area contributed by atoms with Gasteiger partial charge in [0.2, 0.25) is 71.6 Å². The Morgan fingerprint density at radius 1 is 0.681 bits per heavy atom. The Morgan fingerprint density at radius 2 is 1.28 bits per heavy atom. The summed E-state index contributed by atoms with van der Waals surface area (Å²) in [5.41, 5.74) is -3.13. The molecule has 18 atom stereocenters. The zero-order valence-corrected chi connectivity index (χ0v) is 79.5. The standard InChI is InChI=1S/C88H117Cl2N11O35P2/c1-9-10-11-12-13-14-15-16-24-101(86(122)130-39-129-62(108)36-87(5,6)35-61(107)95-85(137(123,124)125)138(126,127)128)25-23-93-88(7)37-63(131-41(4)76(88)113)135-75-73(112)72(111)59(38-102)134-84(75)136-74-57-30-45-31-58(74)133-56-22-19-44(29-50(56)90)71(110)69-82(119)98-67(83(120)121)48-32-46(103)33-54(105)64(48)47-27-42(17-20-53(47)104)65(79(116)100-69)97-80(117)66(45)96-78(115)52(34-60(91)106)94-81(118)68(99-77(114)51(92-8)26-40(2)3)70(109)43-18-21-55(132-57)49(89)28-43/h17-22,27-33,40-41,51-52,59,63,65-73,75-76,84-85,92-93,102-105,109-113H,9-16,23-26,34-39H2,1-8H3,(H2,91,106)(H,94,118)(H,95,107)(H,96,115)(H,97,117)(H,98,119)(H,99,114)(H,100,116)(H,120,121)(H2,123,124,125)(H2,126,127,128)/t41-,51+,52-,59+,63-,65+,66+,67-,68+,69-,70+,71+,72+,73-,75+,76+,84-,88-/m0/s1. The topological polar surface area (TPSA) is 717 Å². The van der Waals surface area contributed by atoms with Gasteiger partial charge in [-0.05, 0) is 122 Å². The number of rotatable bonds is 35. The highest BCUT2D eigenvalue weighted by molar-refractivity contribution is 7.70. The van der Waals surface area contributed by atoms with Crippen LogP contribution in [-0.2, 0) is 80.8 Å². The second kappa shape index (κ2) is 47.1. The van der Waals surface area contributed by atoms with E-state index < -0.39 is 317 Å². The summed E-state index contributed by atoms with van der Waals surface area (Å²) < 4.78 is 73.8. The van der Waals surface area contributed by atoms with Gasteiger partial charge in [-0.3, -0.25) is 52.3 Å². The number of likely N-dealkylation sites (N-methyl/N-ethyl adjacent to an activating group) is 1. The second-order valence-electron chi connectivity index (χ2n) is 35.7. The lowest BCUT2D eigenvalue weighted by atomic mass is 9.85. The summed E-state index contributed by atoms with van der Waals surface area (Å²) in [7, 11) is -9.70. The van der Waals surface area contributed by atoms with Crippen molar-refractivity contribution in [3.63, 3.8) is 0 Å². The average molecular weight is 2020 g/mol. The highest BCUT2D eigenvalue weighted by atomic mass is 35.5. The van der Waals surface area contributed by atoms with E-state index in [1.165, 1.54) is 38.8 Å².